The lowest BCUT2D eigenvalue weighted by Crippen LogP contribution is -2.30. The second-order valence-corrected chi connectivity index (χ2v) is 5.07. The van der Waals surface area contributed by atoms with Crippen LogP contribution in [0.25, 0.3) is 0 Å². The van der Waals surface area contributed by atoms with E-state index in [9.17, 15) is 5.11 Å². The number of hydrogen-bond donors (Lipinski definition) is 2. The highest BCUT2D eigenvalue weighted by Crippen LogP contribution is 2.30. The highest BCUT2D eigenvalue weighted by molar-refractivity contribution is 5.36. The summed E-state index contributed by atoms with van der Waals surface area (Å²) in [5.41, 5.74) is 2.46. The molecule has 2 N–H and O–H groups in total. The Kier molecular flexibility index (Phi) is 3.69. The van der Waals surface area contributed by atoms with E-state index in [2.05, 4.69) is 24.4 Å². The number of methoxy groups -OCH3 is 1. The molecule has 1 fully saturated rings. The van der Waals surface area contributed by atoms with Crippen LogP contribution in [-0.4, -0.2) is 31.9 Å². The first-order chi connectivity index (χ1) is 8.19. The maximum absolute atomic E-state index is 9.58. The lowest BCUT2D eigenvalue weighted by molar-refractivity contribution is 0.143. The summed E-state index contributed by atoms with van der Waals surface area (Å²) in [5.74, 6) is 0.927. The Morgan fingerprint density at radius 2 is 2.29 bits per heavy atom. The predicted octanol–water partition coefficient (Wildman–Crippen LogP) is 1.52. The number of aliphatic hydroxyl groups is 1. The molecular formula is C14H21NO2. The Hall–Kier alpha value is -1.06. The minimum absolute atomic E-state index is 0.0288. The van der Waals surface area contributed by atoms with Crippen molar-refractivity contribution >= 4 is 0 Å². The minimum atomic E-state index is 0.0288. The molecule has 0 amide bonds. The summed E-state index contributed by atoms with van der Waals surface area (Å²) in [7, 11) is 1.69. The van der Waals surface area contributed by atoms with Gasteiger partial charge in [0.15, 0.2) is 0 Å². The van der Waals surface area contributed by atoms with Gasteiger partial charge in [0.1, 0.15) is 5.75 Å². The van der Waals surface area contributed by atoms with Gasteiger partial charge in [-0.3, -0.25) is 0 Å². The highest BCUT2D eigenvalue weighted by Gasteiger charge is 2.33. The normalized spacial score (nSPS) is 23.9. The average Bonchev–Trinajstić information content (AvgIpc) is 2.79. The second kappa shape index (κ2) is 5.07. The molecule has 3 heteroatoms. The van der Waals surface area contributed by atoms with Crippen molar-refractivity contribution in [3.05, 3.63) is 29.3 Å². The smallest absolute Gasteiger partial charge is 0.121 e. The molecule has 0 aromatic heterocycles. The molecule has 0 spiro atoms. The second-order valence-electron chi connectivity index (χ2n) is 5.07. The van der Waals surface area contributed by atoms with Gasteiger partial charge in [0.2, 0.25) is 0 Å². The van der Waals surface area contributed by atoms with Gasteiger partial charge in [0, 0.05) is 12.0 Å². The van der Waals surface area contributed by atoms with E-state index >= 15 is 0 Å². The third kappa shape index (κ3) is 2.61. The zero-order valence-electron chi connectivity index (χ0n) is 10.6. The topological polar surface area (TPSA) is 41.5 Å². The van der Waals surface area contributed by atoms with Gasteiger partial charge in [0.25, 0.3) is 0 Å². The molecule has 1 aromatic rings. The predicted molar refractivity (Wildman–Crippen MR) is 68.4 cm³/mol. The monoisotopic (exact) mass is 235 g/mol. The van der Waals surface area contributed by atoms with Crippen LogP contribution in [0.4, 0.5) is 0 Å². The van der Waals surface area contributed by atoms with E-state index in [-0.39, 0.29) is 12.0 Å². The molecule has 2 rings (SSSR count). The number of aryl methyl sites for hydroxylation is 1. The molecule has 94 valence electrons. The van der Waals surface area contributed by atoms with E-state index in [1.807, 2.05) is 6.07 Å². The Morgan fingerprint density at radius 1 is 1.47 bits per heavy atom. The van der Waals surface area contributed by atoms with Gasteiger partial charge in [-0.25, -0.2) is 0 Å². The molecule has 1 atom stereocenters. The minimum Gasteiger partial charge on any atom is -0.496 e. The number of aliphatic hydroxyl groups excluding tert-OH is 1. The quantitative estimate of drug-likeness (QED) is 0.831. The third-order valence-corrected chi connectivity index (χ3v) is 3.71. The standard InChI is InChI=1S/C14H21NO2/c1-11-7-12(3-4-13(11)17-2)8-14(10-16)5-6-15-9-14/h3-4,7,15-16H,5-6,8-10H2,1-2H3. The SMILES string of the molecule is COc1ccc(CC2(CO)CCNC2)cc1C. The molecule has 1 unspecified atom stereocenters. The Balaban J connectivity index is 2.15. The first kappa shape index (κ1) is 12.4. The number of rotatable bonds is 4. The molecule has 0 saturated carbocycles. The molecule has 0 bridgehead atoms. The Labute approximate surface area is 103 Å². The average molecular weight is 235 g/mol. The largest absolute Gasteiger partial charge is 0.496 e. The van der Waals surface area contributed by atoms with Gasteiger partial charge in [-0.05, 0) is 43.5 Å². The van der Waals surface area contributed by atoms with Crippen LogP contribution in [0.3, 0.4) is 0 Å². The van der Waals surface area contributed by atoms with Crippen molar-refractivity contribution in [3.8, 4) is 5.75 Å². The number of ether oxygens (including phenoxy) is 1. The van der Waals surface area contributed by atoms with Gasteiger partial charge < -0.3 is 15.2 Å². The van der Waals surface area contributed by atoms with Crippen LogP contribution in [0, 0.1) is 12.3 Å². The molecular weight excluding hydrogens is 214 g/mol. The maximum atomic E-state index is 9.58. The number of benzene rings is 1. The molecule has 0 aliphatic carbocycles. The lowest BCUT2D eigenvalue weighted by atomic mass is 9.81. The van der Waals surface area contributed by atoms with Crippen LogP contribution in [0.5, 0.6) is 5.75 Å². The van der Waals surface area contributed by atoms with Crippen LogP contribution in [0.2, 0.25) is 0 Å². The molecule has 1 heterocycles. The summed E-state index contributed by atoms with van der Waals surface area (Å²) in [4.78, 5) is 0. The number of hydrogen-bond acceptors (Lipinski definition) is 3. The van der Waals surface area contributed by atoms with E-state index in [0.29, 0.717) is 0 Å². The Morgan fingerprint density at radius 3 is 2.82 bits per heavy atom. The summed E-state index contributed by atoms with van der Waals surface area (Å²) in [5, 5.41) is 12.9. The zero-order chi connectivity index (χ0) is 12.3. The first-order valence-electron chi connectivity index (χ1n) is 6.14. The first-order valence-corrected chi connectivity index (χ1v) is 6.14. The van der Waals surface area contributed by atoms with E-state index in [1.165, 1.54) is 5.56 Å². The van der Waals surface area contributed by atoms with Gasteiger partial charge in [-0.2, -0.15) is 0 Å². The summed E-state index contributed by atoms with van der Waals surface area (Å²) in [6.45, 7) is 4.23. The van der Waals surface area contributed by atoms with Crippen molar-refractivity contribution in [2.24, 2.45) is 5.41 Å². The fraction of sp³-hybridized carbons (Fsp3) is 0.571. The fourth-order valence-electron chi connectivity index (χ4n) is 2.62. The van der Waals surface area contributed by atoms with Crippen LogP contribution < -0.4 is 10.1 Å². The Bertz CT molecular complexity index is 384. The van der Waals surface area contributed by atoms with Gasteiger partial charge in [-0.15, -0.1) is 0 Å². The van der Waals surface area contributed by atoms with Gasteiger partial charge in [0.05, 0.1) is 13.7 Å². The number of nitrogens with one attached hydrogen (secondary N) is 1. The molecule has 17 heavy (non-hydrogen) atoms. The molecule has 0 radical (unpaired) electrons. The molecule has 1 aliphatic heterocycles. The van der Waals surface area contributed by atoms with Gasteiger partial charge in [-0.1, -0.05) is 12.1 Å². The van der Waals surface area contributed by atoms with Crippen LogP contribution in [-0.2, 0) is 6.42 Å². The van der Waals surface area contributed by atoms with Crippen molar-refractivity contribution in [2.75, 3.05) is 26.8 Å². The van der Waals surface area contributed by atoms with Crippen molar-refractivity contribution in [1.29, 1.82) is 0 Å². The van der Waals surface area contributed by atoms with Crippen molar-refractivity contribution in [1.82, 2.24) is 5.32 Å². The van der Waals surface area contributed by atoms with Crippen molar-refractivity contribution in [2.45, 2.75) is 19.8 Å². The van der Waals surface area contributed by atoms with Crippen LogP contribution >= 0.6 is 0 Å². The van der Waals surface area contributed by atoms with E-state index < -0.39 is 0 Å². The maximum Gasteiger partial charge on any atom is 0.121 e. The fourth-order valence-corrected chi connectivity index (χ4v) is 2.62. The summed E-state index contributed by atoms with van der Waals surface area (Å²) < 4.78 is 5.26. The summed E-state index contributed by atoms with van der Waals surface area (Å²) >= 11 is 0. The molecule has 3 nitrogen and oxygen atoms in total. The van der Waals surface area contributed by atoms with Crippen LogP contribution in [0.15, 0.2) is 18.2 Å². The summed E-state index contributed by atoms with van der Waals surface area (Å²) in [6, 6.07) is 6.27. The van der Waals surface area contributed by atoms with Crippen molar-refractivity contribution < 1.29 is 9.84 Å². The molecule has 1 aliphatic rings. The van der Waals surface area contributed by atoms with E-state index in [4.69, 9.17) is 4.74 Å². The highest BCUT2D eigenvalue weighted by atomic mass is 16.5. The van der Waals surface area contributed by atoms with E-state index in [0.717, 1.165) is 37.2 Å². The van der Waals surface area contributed by atoms with Crippen molar-refractivity contribution in [3.63, 3.8) is 0 Å². The molecule has 1 saturated heterocycles. The van der Waals surface area contributed by atoms with Gasteiger partial charge >= 0.3 is 0 Å². The zero-order valence-corrected chi connectivity index (χ0v) is 10.6. The van der Waals surface area contributed by atoms with E-state index in [1.54, 1.807) is 7.11 Å². The third-order valence-electron chi connectivity index (χ3n) is 3.71. The summed E-state index contributed by atoms with van der Waals surface area (Å²) in [6.07, 6.45) is 1.98. The molecule has 1 aromatic carbocycles. The van der Waals surface area contributed by atoms with Crippen LogP contribution in [0.1, 0.15) is 17.5 Å². The lowest BCUT2D eigenvalue weighted by Gasteiger charge is -2.25.